The summed E-state index contributed by atoms with van der Waals surface area (Å²) in [6.07, 6.45) is 5.72. The number of halogens is 3. The minimum Gasteiger partial charge on any atom is -0.390 e. The first-order valence-electron chi connectivity index (χ1n) is 9.16. The third kappa shape index (κ3) is 4.81. The van der Waals surface area contributed by atoms with E-state index in [1.165, 1.54) is 50.4 Å². The number of allylic oxidation sites excluding steroid dienone is 1. The molecule has 28 heavy (non-hydrogen) atoms. The maximum absolute atomic E-state index is 13.6. The molecule has 8 heteroatoms. The third-order valence-electron chi connectivity index (χ3n) is 4.70. The minimum atomic E-state index is -2.83. The molecular formula is C20H23F3N4O. The molecule has 0 radical (unpaired) electrons. The second-order valence-electron chi connectivity index (χ2n) is 7.06. The molecule has 1 atom stereocenters. The van der Waals surface area contributed by atoms with Crippen LogP contribution in [0.4, 0.5) is 13.2 Å². The molecule has 0 unspecified atom stereocenters. The van der Waals surface area contributed by atoms with Gasteiger partial charge in [0.25, 0.3) is 0 Å². The average Bonchev–Trinajstić information content (AvgIpc) is 3.38. The van der Waals surface area contributed by atoms with Gasteiger partial charge in [0.15, 0.2) is 0 Å². The van der Waals surface area contributed by atoms with Gasteiger partial charge in [-0.25, -0.2) is 9.07 Å². The van der Waals surface area contributed by atoms with E-state index in [0.717, 1.165) is 6.54 Å². The standard InChI is InChI=1S/C20H23F3N4O/c1-12(28)18-7-16(21)4-5-17(18)19-15(11-27(26-19)20(22)23)6-14(8-24)10-25-9-13-2-3-13/h4-5,7-8,10-13,20,24-25,28H,2-3,6,9H2,1H3/b14-10-,24-8?/t12-/m1/s1. The van der Waals surface area contributed by atoms with Crippen molar-refractivity contribution >= 4 is 6.21 Å². The number of alkyl halides is 2. The van der Waals surface area contributed by atoms with Gasteiger partial charge in [-0.3, -0.25) is 0 Å². The fraction of sp³-hybridized carbons (Fsp3) is 0.400. The van der Waals surface area contributed by atoms with E-state index in [-0.39, 0.29) is 17.7 Å². The first kappa shape index (κ1) is 20.1. The molecule has 5 nitrogen and oxygen atoms in total. The van der Waals surface area contributed by atoms with Crippen molar-refractivity contribution in [2.24, 2.45) is 5.92 Å². The van der Waals surface area contributed by atoms with Crippen molar-refractivity contribution in [3.05, 3.63) is 53.1 Å². The Morgan fingerprint density at radius 1 is 1.43 bits per heavy atom. The second-order valence-corrected chi connectivity index (χ2v) is 7.06. The van der Waals surface area contributed by atoms with Crippen molar-refractivity contribution in [1.29, 1.82) is 5.41 Å². The summed E-state index contributed by atoms with van der Waals surface area (Å²) in [6, 6.07) is 3.81. The summed E-state index contributed by atoms with van der Waals surface area (Å²) in [4.78, 5) is 0. The SMILES string of the molecule is C[C@@H](O)c1cc(F)ccc1-c1nn(C(F)F)cc1C/C(C=N)=C/NCC1CC1. The van der Waals surface area contributed by atoms with Crippen LogP contribution in [0.2, 0.25) is 0 Å². The molecule has 0 spiro atoms. The summed E-state index contributed by atoms with van der Waals surface area (Å²) >= 11 is 0. The molecular weight excluding hydrogens is 369 g/mol. The lowest BCUT2D eigenvalue weighted by molar-refractivity contribution is 0.0567. The predicted molar refractivity (Wildman–Crippen MR) is 101 cm³/mol. The predicted octanol–water partition coefficient (Wildman–Crippen LogP) is 4.21. The highest BCUT2D eigenvalue weighted by molar-refractivity contribution is 5.78. The van der Waals surface area contributed by atoms with E-state index in [9.17, 15) is 18.3 Å². The van der Waals surface area contributed by atoms with Gasteiger partial charge in [-0.05, 0) is 55.0 Å². The van der Waals surface area contributed by atoms with E-state index in [4.69, 9.17) is 5.41 Å². The van der Waals surface area contributed by atoms with Crippen LogP contribution in [0.1, 0.15) is 43.5 Å². The Morgan fingerprint density at radius 3 is 2.79 bits per heavy atom. The molecule has 1 saturated carbocycles. The lowest BCUT2D eigenvalue weighted by Crippen LogP contribution is -2.11. The second kappa shape index (κ2) is 8.60. The normalized spacial score (nSPS) is 15.7. The van der Waals surface area contributed by atoms with Crippen LogP contribution in [0.25, 0.3) is 11.3 Å². The molecule has 1 aromatic carbocycles. The van der Waals surface area contributed by atoms with Crippen LogP contribution in [-0.4, -0.2) is 27.6 Å². The van der Waals surface area contributed by atoms with Gasteiger partial charge in [-0.15, -0.1) is 0 Å². The van der Waals surface area contributed by atoms with E-state index in [2.05, 4.69) is 10.4 Å². The number of nitrogens with one attached hydrogen (secondary N) is 2. The summed E-state index contributed by atoms with van der Waals surface area (Å²) < 4.78 is 40.6. The maximum Gasteiger partial charge on any atom is 0.333 e. The molecule has 3 rings (SSSR count). The number of aliphatic hydroxyl groups excluding tert-OH is 1. The Balaban J connectivity index is 1.96. The van der Waals surface area contributed by atoms with Gasteiger partial charge < -0.3 is 15.8 Å². The van der Waals surface area contributed by atoms with Crippen LogP contribution in [0, 0.1) is 17.1 Å². The minimum absolute atomic E-state index is 0.208. The Labute approximate surface area is 161 Å². The zero-order chi connectivity index (χ0) is 20.3. The highest BCUT2D eigenvalue weighted by atomic mass is 19.3. The number of hydrogen-bond donors (Lipinski definition) is 3. The number of aliphatic hydroxyl groups is 1. The Morgan fingerprint density at radius 2 is 2.18 bits per heavy atom. The zero-order valence-corrected chi connectivity index (χ0v) is 15.5. The first-order valence-corrected chi connectivity index (χ1v) is 9.16. The number of rotatable bonds is 9. The van der Waals surface area contributed by atoms with Gasteiger partial charge in [0, 0.05) is 42.7 Å². The summed E-state index contributed by atoms with van der Waals surface area (Å²) in [7, 11) is 0. The molecule has 1 fully saturated rings. The summed E-state index contributed by atoms with van der Waals surface area (Å²) in [5.41, 5.74) is 1.98. The summed E-state index contributed by atoms with van der Waals surface area (Å²) in [6.45, 7) is -0.527. The molecule has 1 aliphatic rings. The molecule has 150 valence electrons. The first-order chi connectivity index (χ1) is 13.4. The highest BCUT2D eigenvalue weighted by Gasteiger charge is 2.21. The molecule has 3 N–H and O–H groups in total. The molecule has 1 heterocycles. The average molecular weight is 392 g/mol. The van der Waals surface area contributed by atoms with Crippen molar-refractivity contribution in [3.8, 4) is 11.3 Å². The van der Waals surface area contributed by atoms with Crippen molar-refractivity contribution < 1.29 is 18.3 Å². The fourth-order valence-corrected chi connectivity index (χ4v) is 3.02. The van der Waals surface area contributed by atoms with Crippen LogP contribution < -0.4 is 5.32 Å². The van der Waals surface area contributed by atoms with E-state index < -0.39 is 18.5 Å². The van der Waals surface area contributed by atoms with E-state index in [1.807, 2.05) is 0 Å². The summed E-state index contributed by atoms with van der Waals surface area (Å²) in [5, 5.41) is 24.7. The molecule has 1 aliphatic carbocycles. The Bertz CT molecular complexity index is 872. The lowest BCUT2D eigenvalue weighted by atomic mass is 9.96. The van der Waals surface area contributed by atoms with Gasteiger partial charge in [-0.2, -0.15) is 13.9 Å². The zero-order valence-electron chi connectivity index (χ0n) is 15.5. The smallest absolute Gasteiger partial charge is 0.333 e. The van der Waals surface area contributed by atoms with E-state index in [1.54, 1.807) is 6.20 Å². The molecule has 0 aliphatic heterocycles. The quantitative estimate of drug-likeness (QED) is 0.560. The van der Waals surface area contributed by atoms with E-state index >= 15 is 0 Å². The topological polar surface area (TPSA) is 73.9 Å². The fourth-order valence-electron chi connectivity index (χ4n) is 3.02. The molecule has 0 amide bonds. The third-order valence-corrected chi connectivity index (χ3v) is 4.70. The molecule has 1 aromatic heterocycles. The number of benzene rings is 1. The highest BCUT2D eigenvalue weighted by Crippen LogP contribution is 2.32. The van der Waals surface area contributed by atoms with Crippen LogP contribution in [0.3, 0.4) is 0 Å². The van der Waals surface area contributed by atoms with Gasteiger partial charge in [0.1, 0.15) is 5.82 Å². The Hall–Kier alpha value is -2.61. The number of hydrogen-bond acceptors (Lipinski definition) is 4. The van der Waals surface area contributed by atoms with E-state index in [0.29, 0.717) is 27.3 Å². The molecule has 2 aromatic rings. The largest absolute Gasteiger partial charge is 0.390 e. The van der Waals surface area contributed by atoms with Crippen molar-refractivity contribution in [2.75, 3.05) is 6.54 Å². The van der Waals surface area contributed by atoms with Crippen molar-refractivity contribution in [1.82, 2.24) is 15.1 Å². The van der Waals surface area contributed by atoms with Crippen LogP contribution in [-0.2, 0) is 6.42 Å². The number of aromatic nitrogens is 2. The monoisotopic (exact) mass is 392 g/mol. The van der Waals surface area contributed by atoms with Gasteiger partial charge in [0.05, 0.1) is 11.8 Å². The maximum atomic E-state index is 13.6. The van der Waals surface area contributed by atoms with Crippen LogP contribution in [0.15, 0.2) is 36.2 Å². The summed E-state index contributed by atoms with van der Waals surface area (Å²) in [5.74, 6) is 0.132. The molecule has 0 saturated heterocycles. The lowest BCUT2D eigenvalue weighted by Gasteiger charge is -2.12. The van der Waals surface area contributed by atoms with Gasteiger partial charge >= 0.3 is 6.55 Å². The van der Waals surface area contributed by atoms with Crippen LogP contribution in [0.5, 0.6) is 0 Å². The Kier molecular flexibility index (Phi) is 6.18. The molecule has 0 bridgehead atoms. The van der Waals surface area contributed by atoms with Gasteiger partial charge in [0.2, 0.25) is 0 Å². The van der Waals surface area contributed by atoms with Crippen LogP contribution >= 0.6 is 0 Å². The van der Waals surface area contributed by atoms with Crippen molar-refractivity contribution in [2.45, 2.75) is 38.8 Å². The van der Waals surface area contributed by atoms with Crippen molar-refractivity contribution in [3.63, 3.8) is 0 Å². The number of nitrogens with zero attached hydrogens (tertiary/aromatic N) is 2. The van der Waals surface area contributed by atoms with Gasteiger partial charge in [-0.1, -0.05) is 0 Å².